The van der Waals surface area contributed by atoms with Crippen molar-refractivity contribution < 1.29 is 23.4 Å². The van der Waals surface area contributed by atoms with E-state index >= 15 is 0 Å². The van der Waals surface area contributed by atoms with Crippen LogP contribution in [-0.4, -0.2) is 30.4 Å². The van der Waals surface area contributed by atoms with Crippen LogP contribution in [0.1, 0.15) is 31.7 Å². The molecule has 0 amide bonds. The van der Waals surface area contributed by atoms with Crippen LogP contribution >= 0.6 is 0 Å². The number of benzene rings is 1. The highest BCUT2D eigenvalue weighted by Gasteiger charge is 2.40. The van der Waals surface area contributed by atoms with Gasteiger partial charge in [0.15, 0.2) is 9.84 Å². The highest BCUT2D eigenvalue weighted by Crippen LogP contribution is 2.42. The summed E-state index contributed by atoms with van der Waals surface area (Å²) in [7, 11) is -3.37. The van der Waals surface area contributed by atoms with Crippen molar-refractivity contribution in [2.45, 2.75) is 31.1 Å². The predicted octanol–water partition coefficient (Wildman–Crippen LogP) is 1.76. The Morgan fingerprint density at radius 3 is 2.63 bits per heavy atom. The van der Waals surface area contributed by atoms with Crippen LogP contribution in [0.2, 0.25) is 0 Å². The molecule has 19 heavy (non-hydrogen) atoms. The number of carbonyl (C=O) groups is 1. The molecule has 1 aromatic rings. The molecular formula is C13H16O5S. The molecular weight excluding hydrogens is 268 g/mol. The summed E-state index contributed by atoms with van der Waals surface area (Å²) in [5.41, 5.74) is -0.484. The smallest absolute Gasteiger partial charge is 0.309 e. The first-order valence-electron chi connectivity index (χ1n) is 5.92. The van der Waals surface area contributed by atoms with E-state index in [1.807, 2.05) is 0 Å². The fraction of sp³-hybridized carbons (Fsp3) is 0.462. The van der Waals surface area contributed by atoms with Crippen molar-refractivity contribution in [3.05, 3.63) is 23.8 Å². The van der Waals surface area contributed by atoms with Crippen LogP contribution in [0.25, 0.3) is 0 Å². The molecule has 0 saturated heterocycles. The molecule has 1 heterocycles. The van der Waals surface area contributed by atoms with Crippen LogP contribution in [0.4, 0.5) is 0 Å². The Balaban J connectivity index is 2.43. The number of hydrogen-bond donors (Lipinski definition) is 2. The number of fused-ring (bicyclic) bond motifs is 1. The molecule has 2 rings (SSSR count). The van der Waals surface area contributed by atoms with E-state index in [4.69, 9.17) is 5.11 Å². The van der Waals surface area contributed by atoms with E-state index in [-0.39, 0.29) is 22.8 Å². The Labute approximate surface area is 111 Å². The van der Waals surface area contributed by atoms with Crippen LogP contribution in [0, 0.1) is 5.41 Å². The van der Waals surface area contributed by atoms with Gasteiger partial charge in [-0.05, 0) is 44.0 Å². The van der Waals surface area contributed by atoms with Gasteiger partial charge in [0.2, 0.25) is 0 Å². The van der Waals surface area contributed by atoms with Gasteiger partial charge in [0.1, 0.15) is 5.75 Å². The standard InChI is InChI=1S/C13H16O5S/c1-13(2,12(15)16)6-8-7-19(17,18)11-4-3-9(14)5-10(8)11/h3-5,8,14H,6-7H2,1-2H3,(H,15,16). The average Bonchev–Trinajstić information content (AvgIpc) is 2.49. The molecule has 1 aliphatic rings. The van der Waals surface area contributed by atoms with E-state index in [1.165, 1.54) is 18.2 Å². The van der Waals surface area contributed by atoms with E-state index in [0.29, 0.717) is 5.56 Å². The second kappa shape index (κ2) is 4.23. The number of aliphatic carboxylic acids is 1. The SMILES string of the molecule is CC(C)(CC1CS(=O)(=O)c2ccc(O)cc21)C(=O)O. The maximum Gasteiger partial charge on any atom is 0.309 e. The predicted molar refractivity (Wildman–Crippen MR) is 68.9 cm³/mol. The first kappa shape index (κ1) is 13.9. The minimum atomic E-state index is -3.37. The van der Waals surface area contributed by atoms with Crippen LogP contribution in [0.3, 0.4) is 0 Å². The number of carboxylic acids is 1. The van der Waals surface area contributed by atoms with Gasteiger partial charge in [0, 0.05) is 5.92 Å². The summed E-state index contributed by atoms with van der Waals surface area (Å²) < 4.78 is 24.0. The highest BCUT2D eigenvalue weighted by molar-refractivity contribution is 7.91. The quantitative estimate of drug-likeness (QED) is 0.882. The first-order valence-corrected chi connectivity index (χ1v) is 7.58. The van der Waals surface area contributed by atoms with Crippen molar-refractivity contribution in [1.29, 1.82) is 0 Å². The summed E-state index contributed by atoms with van der Waals surface area (Å²) in [6, 6.07) is 4.14. The third-order valence-electron chi connectivity index (χ3n) is 3.52. The minimum Gasteiger partial charge on any atom is -0.508 e. The second-order valence-corrected chi connectivity index (χ2v) is 7.60. The zero-order chi connectivity index (χ0) is 14.4. The Bertz CT molecular complexity index is 630. The number of phenolic OH excluding ortho intramolecular Hbond substituents is 1. The normalized spacial score (nSPS) is 21.1. The molecule has 5 nitrogen and oxygen atoms in total. The lowest BCUT2D eigenvalue weighted by atomic mass is 9.81. The molecule has 1 aromatic carbocycles. The van der Waals surface area contributed by atoms with Gasteiger partial charge in [-0.15, -0.1) is 0 Å². The van der Waals surface area contributed by atoms with E-state index in [1.54, 1.807) is 13.8 Å². The Hall–Kier alpha value is -1.56. The summed E-state index contributed by atoms with van der Waals surface area (Å²) in [5, 5.41) is 18.6. The van der Waals surface area contributed by atoms with Gasteiger partial charge >= 0.3 is 5.97 Å². The summed E-state index contributed by atoms with van der Waals surface area (Å²) in [6.45, 7) is 3.14. The maximum atomic E-state index is 12.0. The van der Waals surface area contributed by atoms with E-state index in [0.717, 1.165) is 0 Å². The summed E-state index contributed by atoms with van der Waals surface area (Å²) in [6.07, 6.45) is 0.220. The molecule has 0 fully saturated rings. The van der Waals surface area contributed by atoms with Crippen LogP contribution < -0.4 is 0 Å². The number of sulfone groups is 1. The maximum absolute atomic E-state index is 12.0. The van der Waals surface area contributed by atoms with Gasteiger partial charge in [0.25, 0.3) is 0 Å². The summed E-state index contributed by atoms with van der Waals surface area (Å²) >= 11 is 0. The number of aromatic hydroxyl groups is 1. The molecule has 1 aliphatic heterocycles. The highest BCUT2D eigenvalue weighted by atomic mass is 32.2. The lowest BCUT2D eigenvalue weighted by Crippen LogP contribution is -2.26. The molecule has 0 aliphatic carbocycles. The number of phenols is 1. The molecule has 1 atom stereocenters. The van der Waals surface area contributed by atoms with Crippen molar-refractivity contribution >= 4 is 15.8 Å². The van der Waals surface area contributed by atoms with E-state index in [9.17, 15) is 18.3 Å². The lowest BCUT2D eigenvalue weighted by molar-refractivity contribution is -0.147. The van der Waals surface area contributed by atoms with Gasteiger partial charge in [-0.2, -0.15) is 0 Å². The van der Waals surface area contributed by atoms with Gasteiger partial charge in [-0.3, -0.25) is 4.79 Å². The number of carboxylic acid groups (broad SMARTS) is 1. The zero-order valence-corrected chi connectivity index (χ0v) is 11.6. The van der Waals surface area contributed by atoms with E-state index < -0.39 is 27.1 Å². The molecule has 2 N–H and O–H groups in total. The Kier molecular flexibility index (Phi) is 3.09. The van der Waals surface area contributed by atoms with Crippen molar-refractivity contribution in [3.8, 4) is 5.75 Å². The average molecular weight is 284 g/mol. The monoisotopic (exact) mass is 284 g/mol. The van der Waals surface area contributed by atoms with Crippen LogP contribution in [0.5, 0.6) is 5.75 Å². The van der Waals surface area contributed by atoms with Gasteiger partial charge in [-0.1, -0.05) is 0 Å². The van der Waals surface area contributed by atoms with Crippen molar-refractivity contribution in [2.75, 3.05) is 5.75 Å². The third kappa shape index (κ3) is 2.45. The topological polar surface area (TPSA) is 91.7 Å². The van der Waals surface area contributed by atoms with Crippen LogP contribution in [0.15, 0.2) is 23.1 Å². The van der Waals surface area contributed by atoms with Gasteiger partial charge in [-0.25, -0.2) is 8.42 Å². The molecule has 0 bridgehead atoms. The molecule has 0 spiro atoms. The van der Waals surface area contributed by atoms with E-state index in [2.05, 4.69) is 0 Å². The summed E-state index contributed by atoms with van der Waals surface area (Å²) in [5.74, 6) is -1.45. The molecule has 6 heteroatoms. The molecule has 0 radical (unpaired) electrons. The zero-order valence-electron chi connectivity index (χ0n) is 10.8. The largest absolute Gasteiger partial charge is 0.508 e. The molecule has 0 aromatic heterocycles. The third-order valence-corrected chi connectivity index (χ3v) is 5.41. The van der Waals surface area contributed by atoms with Crippen molar-refractivity contribution in [2.24, 2.45) is 5.41 Å². The minimum absolute atomic E-state index is 0.00557. The molecule has 1 unspecified atom stereocenters. The Morgan fingerprint density at radius 1 is 1.42 bits per heavy atom. The number of rotatable bonds is 3. The molecule has 104 valence electrons. The van der Waals surface area contributed by atoms with Crippen LogP contribution in [-0.2, 0) is 14.6 Å². The number of hydrogen-bond acceptors (Lipinski definition) is 4. The second-order valence-electron chi connectivity index (χ2n) is 5.59. The summed E-state index contributed by atoms with van der Waals surface area (Å²) in [4.78, 5) is 11.4. The molecule has 0 saturated carbocycles. The van der Waals surface area contributed by atoms with Gasteiger partial charge in [0.05, 0.1) is 16.1 Å². The van der Waals surface area contributed by atoms with Crippen molar-refractivity contribution in [3.63, 3.8) is 0 Å². The lowest BCUT2D eigenvalue weighted by Gasteiger charge is -2.23. The van der Waals surface area contributed by atoms with Crippen molar-refractivity contribution in [1.82, 2.24) is 0 Å². The Morgan fingerprint density at radius 2 is 2.05 bits per heavy atom. The fourth-order valence-electron chi connectivity index (χ4n) is 2.45. The van der Waals surface area contributed by atoms with Gasteiger partial charge < -0.3 is 10.2 Å². The first-order chi connectivity index (χ1) is 8.63. The fourth-order valence-corrected chi connectivity index (χ4v) is 4.32.